The summed E-state index contributed by atoms with van der Waals surface area (Å²) in [6.07, 6.45) is 0. The van der Waals surface area contributed by atoms with Crippen LogP contribution in [0, 0.1) is 11.6 Å². The molecule has 0 aliphatic heterocycles. The van der Waals surface area contributed by atoms with Crippen molar-refractivity contribution in [3.63, 3.8) is 0 Å². The molecule has 0 radical (unpaired) electrons. The third-order valence-corrected chi connectivity index (χ3v) is 3.07. The van der Waals surface area contributed by atoms with Crippen LogP contribution >= 0.6 is 23.2 Å². The molecule has 0 N–H and O–H groups in total. The lowest BCUT2D eigenvalue weighted by molar-refractivity contribution is 0.304. The second-order valence-electron chi connectivity index (χ2n) is 3.97. The van der Waals surface area contributed by atoms with Crippen molar-refractivity contribution in [3.8, 4) is 5.75 Å². The molecule has 0 aliphatic rings. The molecule has 0 saturated carbocycles. The van der Waals surface area contributed by atoms with Gasteiger partial charge in [0.1, 0.15) is 24.0 Å². The SMILES string of the molecule is Fc1cc(CCl)cc(OCc2ccc(F)c(Cl)c2)c1. The highest BCUT2D eigenvalue weighted by molar-refractivity contribution is 6.30. The minimum atomic E-state index is -0.486. The summed E-state index contributed by atoms with van der Waals surface area (Å²) in [6, 6.07) is 8.55. The molecule has 0 amide bonds. The number of halogens is 4. The van der Waals surface area contributed by atoms with E-state index >= 15 is 0 Å². The maximum absolute atomic E-state index is 13.2. The average Bonchev–Trinajstić information content (AvgIpc) is 2.39. The van der Waals surface area contributed by atoms with Crippen molar-refractivity contribution in [2.45, 2.75) is 12.5 Å². The molecule has 0 heterocycles. The van der Waals surface area contributed by atoms with Gasteiger partial charge in [-0.2, -0.15) is 0 Å². The molecular weight excluding hydrogens is 293 g/mol. The third-order valence-electron chi connectivity index (χ3n) is 2.47. The molecule has 0 aromatic heterocycles. The molecule has 19 heavy (non-hydrogen) atoms. The first-order valence-corrected chi connectivity index (χ1v) is 6.42. The predicted molar refractivity (Wildman–Crippen MR) is 71.7 cm³/mol. The lowest BCUT2D eigenvalue weighted by atomic mass is 10.2. The van der Waals surface area contributed by atoms with E-state index in [2.05, 4.69) is 0 Å². The first-order valence-electron chi connectivity index (χ1n) is 5.50. The van der Waals surface area contributed by atoms with Crippen molar-refractivity contribution in [2.24, 2.45) is 0 Å². The smallest absolute Gasteiger partial charge is 0.141 e. The summed E-state index contributed by atoms with van der Waals surface area (Å²) in [5, 5.41) is 0.0294. The topological polar surface area (TPSA) is 9.23 Å². The van der Waals surface area contributed by atoms with Crippen LogP contribution in [-0.4, -0.2) is 0 Å². The zero-order valence-electron chi connectivity index (χ0n) is 9.80. The van der Waals surface area contributed by atoms with Crippen molar-refractivity contribution in [3.05, 3.63) is 64.2 Å². The Bertz CT molecular complexity index is 588. The van der Waals surface area contributed by atoms with E-state index in [1.54, 1.807) is 12.1 Å². The van der Waals surface area contributed by atoms with E-state index < -0.39 is 11.6 Å². The van der Waals surface area contributed by atoms with Gasteiger partial charge in [-0.05, 0) is 35.4 Å². The minimum absolute atomic E-state index is 0.0294. The molecule has 100 valence electrons. The zero-order chi connectivity index (χ0) is 13.8. The molecule has 2 aromatic rings. The van der Waals surface area contributed by atoms with E-state index in [1.165, 1.54) is 24.3 Å². The largest absolute Gasteiger partial charge is 0.489 e. The van der Waals surface area contributed by atoms with Crippen LogP contribution in [-0.2, 0) is 12.5 Å². The number of ether oxygens (including phenoxy) is 1. The predicted octanol–water partition coefficient (Wildman–Crippen LogP) is 4.94. The molecule has 5 heteroatoms. The Morgan fingerprint density at radius 2 is 1.79 bits per heavy atom. The van der Waals surface area contributed by atoms with Gasteiger partial charge in [-0.25, -0.2) is 8.78 Å². The Kier molecular flexibility index (Phi) is 4.61. The van der Waals surface area contributed by atoms with Crippen LogP contribution in [0.25, 0.3) is 0 Å². The van der Waals surface area contributed by atoms with Crippen molar-refractivity contribution in [2.75, 3.05) is 0 Å². The monoisotopic (exact) mass is 302 g/mol. The maximum atomic E-state index is 13.2. The first kappa shape index (κ1) is 14.1. The van der Waals surface area contributed by atoms with Gasteiger partial charge in [0.25, 0.3) is 0 Å². The third kappa shape index (κ3) is 3.82. The Balaban J connectivity index is 2.09. The second-order valence-corrected chi connectivity index (χ2v) is 4.64. The standard InChI is InChI=1S/C14H10Cl2F2O/c15-7-10-3-11(17)6-12(4-10)19-8-9-1-2-14(18)13(16)5-9/h1-6H,7-8H2. The Morgan fingerprint density at radius 1 is 1.00 bits per heavy atom. The van der Waals surface area contributed by atoms with Gasteiger partial charge in [-0.3, -0.25) is 0 Å². The van der Waals surface area contributed by atoms with Gasteiger partial charge in [0, 0.05) is 11.9 Å². The number of benzene rings is 2. The molecular formula is C14H10Cl2F2O. The van der Waals surface area contributed by atoms with Gasteiger partial charge in [-0.15, -0.1) is 11.6 Å². The van der Waals surface area contributed by atoms with Crippen LogP contribution in [0.1, 0.15) is 11.1 Å². The normalized spacial score (nSPS) is 10.5. The average molecular weight is 303 g/mol. The van der Waals surface area contributed by atoms with E-state index in [4.69, 9.17) is 27.9 Å². The van der Waals surface area contributed by atoms with Crippen LogP contribution in [0.5, 0.6) is 5.75 Å². The molecule has 0 aliphatic carbocycles. The van der Waals surface area contributed by atoms with E-state index in [-0.39, 0.29) is 17.5 Å². The van der Waals surface area contributed by atoms with Gasteiger partial charge in [0.2, 0.25) is 0 Å². The highest BCUT2D eigenvalue weighted by atomic mass is 35.5. The fourth-order valence-electron chi connectivity index (χ4n) is 1.58. The lowest BCUT2D eigenvalue weighted by Crippen LogP contribution is -1.97. The molecule has 1 nitrogen and oxygen atoms in total. The molecule has 0 unspecified atom stereocenters. The summed E-state index contributed by atoms with van der Waals surface area (Å²) < 4.78 is 31.7. The van der Waals surface area contributed by atoms with Crippen molar-refractivity contribution in [1.82, 2.24) is 0 Å². The van der Waals surface area contributed by atoms with Gasteiger partial charge in [0.15, 0.2) is 0 Å². The molecule has 2 rings (SSSR count). The van der Waals surface area contributed by atoms with Crippen LogP contribution in [0.4, 0.5) is 8.78 Å². The summed E-state index contributed by atoms with van der Waals surface area (Å²) >= 11 is 11.3. The fourth-order valence-corrected chi connectivity index (χ4v) is 1.93. The van der Waals surface area contributed by atoms with Crippen LogP contribution < -0.4 is 4.74 Å². The van der Waals surface area contributed by atoms with Crippen molar-refractivity contribution in [1.29, 1.82) is 0 Å². The summed E-state index contributed by atoms with van der Waals surface area (Å²) in [5.74, 6) is -0.321. The Labute approximate surface area is 119 Å². The van der Waals surface area contributed by atoms with Crippen LogP contribution in [0.15, 0.2) is 36.4 Å². The van der Waals surface area contributed by atoms with E-state index in [0.717, 1.165) is 0 Å². The number of hydrogen-bond donors (Lipinski definition) is 0. The Morgan fingerprint density at radius 3 is 2.47 bits per heavy atom. The summed E-state index contributed by atoms with van der Waals surface area (Å²) in [4.78, 5) is 0. The van der Waals surface area contributed by atoms with Crippen molar-refractivity contribution >= 4 is 23.2 Å². The lowest BCUT2D eigenvalue weighted by Gasteiger charge is -2.08. The molecule has 0 fully saturated rings. The van der Waals surface area contributed by atoms with Crippen LogP contribution in [0.2, 0.25) is 5.02 Å². The summed E-state index contributed by atoms with van der Waals surface area (Å²) in [5.41, 5.74) is 1.33. The maximum Gasteiger partial charge on any atom is 0.141 e. The molecule has 0 spiro atoms. The molecule has 2 aromatic carbocycles. The van der Waals surface area contributed by atoms with Gasteiger partial charge < -0.3 is 4.74 Å². The second kappa shape index (κ2) is 6.22. The fraction of sp³-hybridized carbons (Fsp3) is 0.143. The first-order chi connectivity index (χ1) is 9.08. The van der Waals surface area contributed by atoms with Gasteiger partial charge in [0.05, 0.1) is 5.02 Å². The van der Waals surface area contributed by atoms with Gasteiger partial charge in [-0.1, -0.05) is 17.7 Å². The van der Waals surface area contributed by atoms with E-state index in [0.29, 0.717) is 16.9 Å². The van der Waals surface area contributed by atoms with Crippen molar-refractivity contribution < 1.29 is 13.5 Å². The quantitative estimate of drug-likeness (QED) is 0.727. The van der Waals surface area contributed by atoms with E-state index in [9.17, 15) is 8.78 Å². The zero-order valence-corrected chi connectivity index (χ0v) is 11.3. The Hall–Kier alpha value is -1.32. The van der Waals surface area contributed by atoms with E-state index in [1.807, 2.05) is 0 Å². The number of rotatable bonds is 4. The minimum Gasteiger partial charge on any atom is -0.489 e. The molecule has 0 saturated heterocycles. The number of hydrogen-bond acceptors (Lipinski definition) is 1. The van der Waals surface area contributed by atoms with Gasteiger partial charge >= 0.3 is 0 Å². The summed E-state index contributed by atoms with van der Waals surface area (Å²) in [7, 11) is 0. The molecule has 0 atom stereocenters. The molecule has 0 bridgehead atoms. The summed E-state index contributed by atoms with van der Waals surface area (Å²) in [6.45, 7) is 0.172. The van der Waals surface area contributed by atoms with Crippen LogP contribution in [0.3, 0.4) is 0 Å². The highest BCUT2D eigenvalue weighted by Gasteiger charge is 2.04. The number of alkyl halides is 1. The highest BCUT2D eigenvalue weighted by Crippen LogP contribution is 2.21.